The molecule has 1 N–H and O–H groups in total. The van der Waals surface area contributed by atoms with Crippen LogP contribution in [0.5, 0.6) is 5.75 Å². The molecular weight excluding hydrogens is 402 g/mol. The van der Waals surface area contributed by atoms with Crippen molar-refractivity contribution in [2.75, 3.05) is 17.8 Å². The van der Waals surface area contributed by atoms with Gasteiger partial charge in [0.15, 0.2) is 10.9 Å². The summed E-state index contributed by atoms with van der Waals surface area (Å²) in [4.78, 5) is 26.5. The van der Waals surface area contributed by atoms with E-state index in [4.69, 9.17) is 22.1 Å². The van der Waals surface area contributed by atoms with Crippen LogP contribution in [0.15, 0.2) is 58.3 Å². The molecule has 1 amide bonds. The van der Waals surface area contributed by atoms with Gasteiger partial charge in [0, 0.05) is 4.90 Å². The lowest BCUT2D eigenvalue weighted by molar-refractivity contribution is -0.139. The van der Waals surface area contributed by atoms with Gasteiger partial charge >= 0.3 is 5.97 Å². The van der Waals surface area contributed by atoms with E-state index < -0.39 is 12.6 Å². The van der Waals surface area contributed by atoms with Crippen LogP contribution in [0.25, 0.3) is 6.08 Å². The minimum atomic E-state index is -1.03. The number of aliphatic carboxylic acids is 1. The quantitative estimate of drug-likeness (QED) is 0.427. The molecule has 0 bridgehead atoms. The predicted octanol–water partition coefficient (Wildman–Crippen LogP) is 4.28. The molecule has 1 fully saturated rings. The van der Waals surface area contributed by atoms with Crippen LogP contribution in [0.4, 0.5) is 5.69 Å². The first-order chi connectivity index (χ1) is 13.0. The van der Waals surface area contributed by atoms with Crippen LogP contribution in [-0.4, -0.2) is 34.2 Å². The summed E-state index contributed by atoms with van der Waals surface area (Å²) in [7, 11) is 0. The maximum absolute atomic E-state index is 12.8. The number of benzene rings is 2. The molecule has 0 aliphatic carbocycles. The fraction of sp³-hybridized carbons (Fsp3) is 0.105. The highest BCUT2D eigenvalue weighted by Gasteiger charge is 2.33. The lowest BCUT2D eigenvalue weighted by Gasteiger charge is -2.15. The molecule has 0 atom stereocenters. The van der Waals surface area contributed by atoms with Gasteiger partial charge in [-0.25, -0.2) is 4.79 Å². The van der Waals surface area contributed by atoms with Crippen LogP contribution in [0.3, 0.4) is 0 Å². The average Bonchev–Trinajstić information content (AvgIpc) is 2.94. The van der Waals surface area contributed by atoms with Crippen molar-refractivity contribution in [3.63, 3.8) is 0 Å². The van der Waals surface area contributed by atoms with E-state index in [1.807, 2.05) is 30.5 Å². The lowest BCUT2D eigenvalue weighted by Crippen LogP contribution is -2.27. The van der Waals surface area contributed by atoms with Crippen LogP contribution in [-0.2, 0) is 9.59 Å². The first-order valence-corrected chi connectivity index (χ1v) is 10.3. The number of carboxylic acid groups (broad SMARTS) is 1. The normalized spacial score (nSPS) is 15.4. The van der Waals surface area contributed by atoms with Crippen LogP contribution in [0, 0.1) is 0 Å². The average molecular weight is 418 g/mol. The fourth-order valence-corrected chi connectivity index (χ4v) is 4.15. The van der Waals surface area contributed by atoms with Crippen LogP contribution in [0.2, 0.25) is 0 Å². The largest absolute Gasteiger partial charge is 0.482 e. The smallest absolute Gasteiger partial charge is 0.341 e. The Morgan fingerprint density at radius 3 is 2.70 bits per heavy atom. The summed E-state index contributed by atoms with van der Waals surface area (Å²) < 4.78 is 5.60. The molecule has 0 unspecified atom stereocenters. The van der Waals surface area contributed by atoms with Crippen molar-refractivity contribution in [1.29, 1.82) is 0 Å². The molecule has 1 aliphatic rings. The Morgan fingerprint density at radius 1 is 1.30 bits per heavy atom. The maximum Gasteiger partial charge on any atom is 0.341 e. The Balaban J connectivity index is 1.78. The third kappa shape index (κ3) is 4.71. The molecule has 1 heterocycles. The van der Waals surface area contributed by atoms with Crippen molar-refractivity contribution in [2.24, 2.45) is 0 Å². The summed E-state index contributed by atoms with van der Waals surface area (Å²) in [5.74, 6) is -0.737. The number of hydrogen-bond donors (Lipinski definition) is 1. The molecule has 5 nitrogen and oxygen atoms in total. The van der Waals surface area contributed by atoms with E-state index in [2.05, 4.69) is 0 Å². The van der Waals surface area contributed by atoms with Crippen molar-refractivity contribution in [1.82, 2.24) is 0 Å². The summed E-state index contributed by atoms with van der Waals surface area (Å²) in [6.07, 6.45) is 3.74. The molecule has 138 valence electrons. The van der Waals surface area contributed by atoms with E-state index in [-0.39, 0.29) is 5.91 Å². The molecule has 8 heteroatoms. The molecule has 2 aromatic rings. The van der Waals surface area contributed by atoms with Crippen molar-refractivity contribution in [2.45, 2.75) is 4.90 Å². The number of carbonyl (C=O) groups excluding carboxylic acids is 1. The minimum absolute atomic E-state index is 0.158. The minimum Gasteiger partial charge on any atom is -0.482 e. The highest BCUT2D eigenvalue weighted by Crippen LogP contribution is 2.37. The number of ether oxygens (including phenoxy) is 1. The zero-order valence-electron chi connectivity index (χ0n) is 14.2. The molecule has 1 aliphatic heterocycles. The van der Waals surface area contributed by atoms with Gasteiger partial charge in [-0.15, -0.1) is 11.8 Å². The second-order valence-electron chi connectivity index (χ2n) is 5.47. The number of thioether (sulfide) groups is 2. The molecule has 0 radical (unpaired) electrons. The van der Waals surface area contributed by atoms with Crippen molar-refractivity contribution in [3.05, 3.63) is 59.0 Å². The van der Waals surface area contributed by atoms with E-state index in [1.165, 1.54) is 16.7 Å². The van der Waals surface area contributed by atoms with E-state index in [0.717, 1.165) is 16.1 Å². The molecule has 0 spiro atoms. The van der Waals surface area contributed by atoms with Crippen LogP contribution >= 0.6 is 35.7 Å². The van der Waals surface area contributed by atoms with E-state index in [1.54, 1.807) is 42.1 Å². The zero-order chi connectivity index (χ0) is 19.4. The van der Waals surface area contributed by atoms with Crippen LogP contribution in [0.1, 0.15) is 5.56 Å². The molecule has 2 aromatic carbocycles. The van der Waals surface area contributed by atoms with Crippen LogP contribution < -0.4 is 9.64 Å². The number of nitrogens with zero attached hydrogens (tertiary/aromatic N) is 1. The fourth-order valence-electron chi connectivity index (χ4n) is 2.40. The first-order valence-electron chi connectivity index (χ1n) is 7.84. The first kappa shape index (κ1) is 19.5. The predicted molar refractivity (Wildman–Crippen MR) is 113 cm³/mol. The highest BCUT2D eigenvalue weighted by molar-refractivity contribution is 8.27. The van der Waals surface area contributed by atoms with E-state index in [9.17, 15) is 9.59 Å². The maximum atomic E-state index is 12.8. The highest BCUT2D eigenvalue weighted by atomic mass is 32.2. The summed E-state index contributed by atoms with van der Waals surface area (Å²) in [6.45, 7) is -0.396. The number of hydrogen-bond acceptors (Lipinski definition) is 6. The summed E-state index contributed by atoms with van der Waals surface area (Å²) in [6, 6.07) is 14.5. The second kappa shape index (κ2) is 8.60. The molecule has 0 aromatic heterocycles. The van der Waals surface area contributed by atoms with Gasteiger partial charge in [0.05, 0.1) is 10.6 Å². The van der Waals surface area contributed by atoms with Crippen molar-refractivity contribution >= 4 is 63.7 Å². The third-order valence-electron chi connectivity index (χ3n) is 3.65. The Hall–Kier alpha value is -2.29. The number of anilines is 1. The van der Waals surface area contributed by atoms with Crippen molar-refractivity contribution < 1.29 is 19.4 Å². The summed E-state index contributed by atoms with van der Waals surface area (Å²) in [5.41, 5.74) is 1.56. The van der Waals surface area contributed by atoms with Gasteiger partial charge in [0.2, 0.25) is 0 Å². The molecule has 3 rings (SSSR count). The molecule has 0 saturated carbocycles. The van der Waals surface area contributed by atoms with Gasteiger partial charge in [-0.2, -0.15) is 0 Å². The Bertz CT molecular complexity index is 925. The standard InChI is InChI=1S/C19H15NO4S3/c1-26-15-4-2-3-13(10-15)20-18(23)16(27-19(20)25)9-12-5-7-14(8-6-12)24-11-17(21)22/h2-10H,11H2,1H3,(H,21,22)/b16-9+. The second-order valence-corrected chi connectivity index (χ2v) is 8.03. The topological polar surface area (TPSA) is 66.8 Å². The monoisotopic (exact) mass is 417 g/mol. The number of carbonyl (C=O) groups is 2. The van der Waals surface area contributed by atoms with E-state index >= 15 is 0 Å². The molecule has 27 heavy (non-hydrogen) atoms. The van der Waals surface area contributed by atoms with Gasteiger partial charge in [0.1, 0.15) is 5.75 Å². The Kier molecular flexibility index (Phi) is 6.20. The SMILES string of the molecule is CSc1cccc(N2C(=O)/C(=C\c3ccc(OCC(=O)O)cc3)SC2=S)c1. The molecular formula is C19H15NO4S3. The molecule has 1 saturated heterocycles. The summed E-state index contributed by atoms with van der Waals surface area (Å²) >= 11 is 8.26. The number of thiocarbonyl (C=S) groups is 1. The zero-order valence-corrected chi connectivity index (χ0v) is 16.7. The van der Waals surface area contributed by atoms with Gasteiger partial charge in [-0.05, 0) is 48.2 Å². The van der Waals surface area contributed by atoms with Gasteiger partial charge < -0.3 is 9.84 Å². The van der Waals surface area contributed by atoms with Gasteiger partial charge in [-0.3, -0.25) is 9.69 Å². The van der Waals surface area contributed by atoms with E-state index in [0.29, 0.717) is 15.0 Å². The van der Waals surface area contributed by atoms with Gasteiger partial charge in [-0.1, -0.05) is 42.2 Å². The Morgan fingerprint density at radius 2 is 2.04 bits per heavy atom. The Labute approximate surface area is 170 Å². The van der Waals surface area contributed by atoms with Crippen molar-refractivity contribution in [3.8, 4) is 5.75 Å². The van der Waals surface area contributed by atoms with Gasteiger partial charge in [0.25, 0.3) is 5.91 Å². The lowest BCUT2D eigenvalue weighted by atomic mass is 10.2. The number of amides is 1. The number of rotatable bonds is 6. The summed E-state index contributed by atoms with van der Waals surface area (Å²) in [5, 5.41) is 8.63. The number of carboxylic acids is 1. The third-order valence-corrected chi connectivity index (χ3v) is 5.67.